The molecule has 0 saturated carbocycles. The lowest BCUT2D eigenvalue weighted by atomic mass is 10.1. The predicted molar refractivity (Wildman–Crippen MR) is 111 cm³/mol. The van der Waals surface area contributed by atoms with E-state index in [0.717, 1.165) is 17.5 Å². The van der Waals surface area contributed by atoms with Crippen molar-refractivity contribution >= 4 is 34.2 Å². The van der Waals surface area contributed by atoms with Crippen LogP contribution in [0, 0.1) is 6.92 Å². The van der Waals surface area contributed by atoms with Gasteiger partial charge in [-0.25, -0.2) is 9.67 Å². The first-order chi connectivity index (χ1) is 13.4. The predicted octanol–water partition coefficient (Wildman–Crippen LogP) is 4.31. The van der Waals surface area contributed by atoms with E-state index >= 15 is 0 Å². The number of nitrogens with zero attached hydrogens (tertiary/aromatic N) is 3. The van der Waals surface area contributed by atoms with Gasteiger partial charge in [-0.1, -0.05) is 13.0 Å². The van der Waals surface area contributed by atoms with E-state index in [0.29, 0.717) is 29.1 Å². The zero-order valence-electron chi connectivity index (χ0n) is 16.6. The van der Waals surface area contributed by atoms with Gasteiger partial charge in [-0.05, 0) is 51.5 Å². The summed E-state index contributed by atoms with van der Waals surface area (Å²) in [6, 6.07) is 9.11. The molecular weight excluding hydrogens is 354 g/mol. The Kier molecular flexibility index (Phi) is 5.73. The van der Waals surface area contributed by atoms with Crippen LogP contribution in [0.15, 0.2) is 36.5 Å². The van der Waals surface area contributed by atoms with Crippen molar-refractivity contribution in [3.8, 4) is 0 Å². The summed E-state index contributed by atoms with van der Waals surface area (Å²) in [5, 5.41) is 10.9. The standard InChI is InChI=1S/C21H25N5O2/c1-5-7-19(27)24-16-8-6-9-17(11-16)25-21(28)18-10-15-12-22-26(13(2)3)20(15)23-14(18)4/h6,8-13H,5,7H2,1-4H3,(H,24,27)(H,25,28). The van der Waals surface area contributed by atoms with Crippen LogP contribution >= 0.6 is 0 Å². The Morgan fingerprint density at radius 3 is 2.54 bits per heavy atom. The zero-order valence-corrected chi connectivity index (χ0v) is 16.6. The monoisotopic (exact) mass is 379 g/mol. The number of carbonyl (C=O) groups excluding carboxylic acids is 2. The lowest BCUT2D eigenvalue weighted by molar-refractivity contribution is -0.116. The summed E-state index contributed by atoms with van der Waals surface area (Å²) in [7, 11) is 0. The minimum Gasteiger partial charge on any atom is -0.326 e. The number of nitrogens with one attached hydrogen (secondary N) is 2. The van der Waals surface area contributed by atoms with Crippen molar-refractivity contribution in [2.24, 2.45) is 0 Å². The quantitative estimate of drug-likeness (QED) is 0.668. The number of rotatable bonds is 6. The van der Waals surface area contributed by atoms with Gasteiger partial charge in [0.1, 0.15) is 0 Å². The number of fused-ring (bicyclic) bond motifs is 1. The van der Waals surface area contributed by atoms with E-state index in [1.807, 2.05) is 38.4 Å². The highest BCUT2D eigenvalue weighted by molar-refractivity contribution is 6.07. The van der Waals surface area contributed by atoms with Crippen LogP contribution in [0.3, 0.4) is 0 Å². The molecule has 0 radical (unpaired) electrons. The zero-order chi connectivity index (χ0) is 20.3. The highest BCUT2D eigenvalue weighted by Gasteiger charge is 2.15. The van der Waals surface area contributed by atoms with Gasteiger partial charge in [-0.15, -0.1) is 0 Å². The number of hydrogen-bond donors (Lipinski definition) is 2. The molecule has 0 atom stereocenters. The summed E-state index contributed by atoms with van der Waals surface area (Å²) in [6.07, 6.45) is 2.97. The number of pyridine rings is 1. The molecule has 0 fully saturated rings. The molecule has 1 aromatic carbocycles. The number of carbonyl (C=O) groups is 2. The normalized spacial score (nSPS) is 11.0. The first kappa shape index (κ1) is 19.5. The van der Waals surface area contributed by atoms with Gasteiger partial charge in [0.05, 0.1) is 17.5 Å². The van der Waals surface area contributed by atoms with Gasteiger partial charge in [-0.3, -0.25) is 9.59 Å². The summed E-state index contributed by atoms with van der Waals surface area (Å²) < 4.78 is 1.84. The summed E-state index contributed by atoms with van der Waals surface area (Å²) in [6.45, 7) is 7.84. The van der Waals surface area contributed by atoms with E-state index in [2.05, 4.69) is 20.7 Å². The molecule has 0 saturated heterocycles. The van der Waals surface area contributed by atoms with Gasteiger partial charge in [-0.2, -0.15) is 5.10 Å². The first-order valence-electron chi connectivity index (χ1n) is 9.45. The second-order valence-electron chi connectivity index (χ2n) is 7.05. The molecule has 0 spiro atoms. The van der Waals surface area contributed by atoms with Crippen LogP contribution in [-0.2, 0) is 4.79 Å². The maximum atomic E-state index is 12.8. The Bertz CT molecular complexity index is 1020. The van der Waals surface area contributed by atoms with E-state index < -0.39 is 0 Å². The maximum Gasteiger partial charge on any atom is 0.257 e. The minimum absolute atomic E-state index is 0.0429. The third kappa shape index (κ3) is 4.19. The molecule has 7 heteroatoms. The van der Waals surface area contributed by atoms with Crippen molar-refractivity contribution in [2.45, 2.75) is 46.6 Å². The number of anilines is 2. The van der Waals surface area contributed by atoms with E-state index in [1.165, 1.54) is 0 Å². The summed E-state index contributed by atoms with van der Waals surface area (Å²) in [5.74, 6) is -0.292. The average molecular weight is 379 g/mol. The second kappa shape index (κ2) is 8.21. The SMILES string of the molecule is CCCC(=O)Nc1cccc(NC(=O)c2cc3cnn(C(C)C)c3nc2C)c1. The van der Waals surface area contributed by atoms with Crippen LogP contribution in [-0.4, -0.2) is 26.6 Å². The van der Waals surface area contributed by atoms with Gasteiger partial charge < -0.3 is 10.6 Å². The van der Waals surface area contributed by atoms with E-state index in [1.54, 1.807) is 30.5 Å². The minimum atomic E-state index is -0.249. The van der Waals surface area contributed by atoms with Crippen LogP contribution in [0.1, 0.15) is 55.7 Å². The number of aromatic nitrogens is 3. The lowest BCUT2D eigenvalue weighted by Gasteiger charge is -2.11. The Morgan fingerprint density at radius 1 is 1.14 bits per heavy atom. The highest BCUT2D eigenvalue weighted by atomic mass is 16.2. The largest absolute Gasteiger partial charge is 0.326 e. The van der Waals surface area contributed by atoms with Crippen molar-refractivity contribution in [3.63, 3.8) is 0 Å². The number of aryl methyl sites for hydroxylation is 1. The van der Waals surface area contributed by atoms with Crippen molar-refractivity contribution in [1.82, 2.24) is 14.8 Å². The molecule has 2 aromatic heterocycles. The van der Waals surface area contributed by atoms with Crippen LogP contribution in [0.4, 0.5) is 11.4 Å². The Hall–Kier alpha value is -3.22. The molecule has 28 heavy (non-hydrogen) atoms. The average Bonchev–Trinajstić information content (AvgIpc) is 3.04. The van der Waals surface area contributed by atoms with Gasteiger partial charge in [0.2, 0.25) is 5.91 Å². The molecule has 0 aliphatic rings. The van der Waals surface area contributed by atoms with Gasteiger partial charge in [0.25, 0.3) is 5.91 Å². The first-order valence-corrected chi connectivity index (χ1v) is 9.45. The summed E-state index contributed by atoms with van der Waals surface area (Å²) in [5.41, 5.74) is 3.16. The molecule has 2 heterocycles. The Balaban J connectivity index is 1.81. The fourth-order valence-corrected chi connectivity index (χ4v) is 3.00. The number of hydrogen-bond acceptors (Lipinski definition) is 4. The molecule has 0 aliphatic carbocycles. The number of benzene rings is 1. The van der Waals surface area contributed by atoms with Crippen molar-refractivity contribution < 1.29 is 9.59 Å². The number of amides is 2. The van der Waals surface area contributed by atoms with Gasteiger partial charge >= 0.3 is 0 Å². The maximum absolute atomic E-state index is 12.8. The fourth-order valence-electron chi connectivity index (χ4n) is 3.00. The molecule has 2 N–H and O–H groups in total. The molecule has 0 unspecified atom stereocenters. The third-order valence-corrected chi connectivity index (χ3v) is 4.37. The summed E-state index contributed by atoms with van der Waals surface area (Å²) in [4.78, 5) is 29.1. The lowest BCUT2D eigenvalue weighted by Crippen LogP contribution is -2.15. The fraction of sp³-hybridized carbons (Fsp3) is 0.333. The summed E-state index contributed by atoms with van der Waals surface area (Å²) >= 11 is 0. The molecule has 146 valence electrons. The van der Waals surface area contributed by atoms with Crippen LogP contribution in [0.5, 0.6) is 0 Å². The molecule has 0 aliphatic heterocycles. The van der Waals surface area contributed by atoms with Crippen molar-refractivity contribution in [2.75, 3.05) is 10.6 Å². The molecule has 0 bridgehead atoms. The molecule has 3 aromatic rings. The molecule has 3 rings (SSSR count). The Labute approximate surface area is 164 Å². The highest BCUT2D eigenvalue weighted by Crippen LogP contribution is 2.21. The van der Waals surface area contributed by atoms with Gasteiger partial charge in [0, 0.05) is 29.2 Å². The third-order valence-electron chi connectivity index (χ3n) is 4.37. The van der Waals surface area contributed by atoms with Crippen molar-refractivity contribution in [3.05, 3.63) is 47.8 Å². The van der Waals surface area contributed by atoms with E-state index in [-0.39, 0.29) is 17.9 Å². The molecule has 2 amide bonds. The van der Waals surface area contributed by atoms with Crippen LogP contribution in [0.25, 0.3) is 11.0 Å². The van der Waals surface area contributed by atoms with Crippen LogP contribution in [0.2, 0.25) is 0 Å². The molecular formula is C21H25N5O2. The Morgan fingerprint density at radius 2 is 1.86 bits per heavy atom. The smallest absolute Gasteiger partial charge is 0.257 e. The van der Waals surface area contributed by atoms with E-state index in [9.17, 15) is 9.59 Å². The van der Waals surface area contributed by atoms with Crippen molar-refractivity contribution in [1.29, 1.82) is 0 Å². The topological polar surface area (TPSA) is 88.9 Å². The van der Waals surface area contributed by atoms with Gasteiger partial charge in [0.15, 0.2) is 5.65 Å². The van der Waals surface area contributed by atoms with E-state index in [4.69, 9.17) is 0 Å². The second-order valence-corrected chi connectivity index (χ2v) is 7.05. The molecule has 7 nitrogen and oxygen atoms in total. The van der Waals surface area contributed by atoms with Crippen LogP contribution < -0.4 is 10.6 Å².